The van der Waals surface area contributed by atoms with Crippen molar-refractivity contribution in [1.29, 1.82) is 0 Å². The van der Waals surface area contributed by atoms with Crippen LogP contribution < -0.4 is 5.32 Å². The first-order chi connectivity index (χ1) is 7.24. The van der Waals surface area contributed by atoms with Crippen LogP contribution in [0.4, 0.5) is 5.82 Å². The van der Waals surface area contributed by atoms with E-state index >= 15 is 0 Å². The Bertz CT molecular complexity index is 320. The van der Waals surface area contributed by atoms with Crippen LogP contribution in [0, 0.1) is 0 Å². The summed E-state index contributed by atoms with van der Waals surface area (Å²) >= 11 is 9.42. The number of anilines is 1. The molecular formula is C11H14BrClN2. The molecule has 0 bridgehead atoms. The van der Waals surface area contributed by atoms with Crippen molar-refractivity contribution >= 4 is 33.3 Å². The fourth-order valence-corrected chi connectivity index (χ4v) is 2.63. The first kappa shape index (κ1) is 11.2. The minimum Gasteiger partial charge on any atom is -0.363 e. The number of hydrogen-bond acceptors (Lipinski definition) is 2. The van der Waals surface area contributed by atoms with Gasteiger partial charge in [-0.1, -0.05) is 12.8 Å². The fraction of sp³-hybridized carbons (Fsp3) is 0.545. The van der Waals surface area contributed by atoms with E-state index in [4.69, 9.17) is 11.6 Å². The molecule has 1 fully saturated rings. The molecule has 1 aliphatic rings. The van der Waals surface area contributed by atoms with Crippen LogP contribution in [-0.2, 0) is 0 Å². The van der Waals surface area contributed by atoms with Gasteiger partial charge in [0, 0.05) is 16.5 Å². The average Bonchev–Trinajstić information content (AvgIpc) is 2.71. The lowest BCUT2D eigenvalue weighted by atomic mass is 10.0. The highest BCUT2D eigenvalue weighted by Gasteiger charge is 2.32. The van der Waals surface area contributed by atoms with E-state index in [0.717, 1.165) is 23.1 Å². The van der Waals surface area contributed by atoms with E-state index in [1.807, 2.05) is 12.1 Å². The zero-order chi connectivity index (χ0) is 10.7. The largest absolute Gasteiger partial charge is 0.363 e. The summed E-state index contributed by atoms with van der Waals surface area (Å²) in [5.41, 5.74) is 0.0718. The molecule has 82 valence electrons. The van der Waals surface area contributed by atoms with Crippen LogP contribution in [-0.4, -0.2) is 16.4 Å². The highest BCUT2D eigenvalue weighted by molar-refractivity contribution is 9.10. The Kier molecular flexibility index (Phi) is 3.52. The van der Waals surface area contributed by atoms with Crippen molar-refractivity contribution in [2.45, 2.75) is 31.2 Å². The molecule has 1 aromatic rings. The minimum atomic E-state index is 0.0718. The molecule has 1 N–H and O–H groups in total. The maximum absolute atomic E-state index is 6.05. The average molecular weight is 290 g/mol. The Hall–Kier alpha value is -0.280. The van der Waals surface area contributed by atoms with Gasteiger partial charge in [0.25, 0.3) is 0 Å². The number of aromatic nitrogens is 1. The summed E-state index contributed by atoms with van der Waals surface area (Å²) < 4.78 is 0.999. The molecule has 0 spiro atoms. The van der Waals surface area contributed by atoms with Crippen LogP contribution >= 0.6 is 27.5 Å². The van der Waals surface area contributed by atoms with Gasteiger partial charge in [-0.3, -0.25) is 0 Å². The summed E-state index contributed by atoms with van der Waals surface area (Å²) in [7, 11) is 0. The van der Waals surface area contributed by atoms with Crippen LogP contribution in [0.2, 0.25) is 0 Å². The van der Waals surface area contributed by atoms with Crippen LogP contribution in [0.15, 0.2) is 22.8 Å². The Morgan fingerprint density at radius 2 is 2.13 bits per heavy atom. The highest BCUT2D eigenvalue weighted by atomic mass is 79.9. The van der Waals surface area contributed by atoms with Gasteiger partial charge in [-0.2, -0.15) is 0 Å². The van der Waals surface area contributed by atoms with Crippen LogP contribution in [0.3, 0.4) is 0 Å². The second-order valence-corrected chi connectivity index (χ2v) is 5.29. The molecule has 0 atom stereocenters. The highest BCUT2D eigenvalue weighted by Crippen LogP contribution is 2.33. The van der Waals surface area contributed by atoms with Crippen LogP contribution in [0.5, 0.6) is 0 Å². The Balaban J connectivity index is 2.09. The maximum Gasteiger partial charge on any atom is 0.126 e. The van der Waals surface area contributed by atoms with E-state index in [-0.39, 0.29) is 5.54 Å². The molecule has 1 saturated carbocycles. The third-order valence-electron chi connectivity index (χ3n) is 2.94. The topological polar surface area (TPSA) is 24.9 Å². The standard InChI is InChI=1S/C11H14BrClN2/c12-9-3-4-10(14-7-9)15-11(8-13)5-1-2-6-11/h3-4,7H,1-2,5-6,8H2,(H,14,15). The van der Waals surface area contributed by atoms with Crippen molar-refractivity contribution in [2.75, 3.05) is 11.2 Å². The fourth-order valence-electron chi connectivity index (χ4n) is 2.07. The number of alkyl halides is 1. The Morgan fingerprint density at radius 1 is 1.40 bits per heavy atom. The molecule has 15 heavy (non-hydrogen) atoms. The van der Waals surface area contributed by atoms with Gasteiger partial charge in [0.2, 0.25) is 0 Å². The zero-order valence-electron chi connectivity index (χ0n) is 8.47. The molecular weight excluding hydrogens is 275 g/mol. The summed E-state index contributed by atoms with van der Waals surface area (Å²) in [6.07, 6.45) is 6.62. The monoisotopic (exact) mass is 288 g/mol. The van der Waals surface area contributed by atoms with E-state index in [1.165, 1.54) is 12.8 Å². The van der Waals surface area contributed by atoms with Crippen molar-refractivity contribution in [3.8, 4) is 0 Å². The molecule has 1 aliphatic carbocycles. The predicted octanol–water partition coefficient (Wildman–Crippen LogP) is 3.81. The first-order valence-corrected chi connectivity index (χ1v) is 6.53. The number of pyridine rings is 1. The predicted molar refractivity (Wildman–Crippen MR) is 67.5 cm³/mol. The van der Waals surface area contributed by atoms with Gasteiger partial charge in [-0.05, 0) is 40.9 Å². The number of nitrogens with zero attached hydrogens (tertiary/aromatic N) is 1. The van der Waals surface area contributed by atoms with Gasteiger partial charge in [-0.15, -0.1) is 11.6 Å². The Labute approximate surface area is 104 Å². The van der Waals surface area contributed by atoms with E-state index in [0.29, 0.717) is 5.88 Å². The quantitative estimate of drug-likeness (QED) is 0.856. The molecule has 0 unspecified atom stereocenters. The molecule has 0 aliphatic heterocycles. The van der Waals surface area contributed by atoms with E-state index in [9.17, 15) is 0 Å². The number of nitrogens with one attached hydrogen (secondary N) is 1. The van der Waals surface area contributed by atoms with Crippen molar-refractivity contribution in [1.82, 2.24) is 4.98 Å². The zero-order valence-corrected chi connectivity index (χ0v) is 10.8. The van der Waals surface area contributed by atoms with E-state index < -0.39 is 0 Å². The van der Waals surface area contributed by atoms with Crippen molar-refractivity contribution in [3.63, 3.8) is 0 Å². The van der Waals surface area contributed by atoms with E-state index in [2.05, 4.69) is 26.2 Å². The van der Waals surface area contributed by atoms with Crippen LogP contribution in [0.25, 0.3) is 0 Å². The SMILES string of the molecule is ClCC1(Nc2ccc(Br)cn2)CCCC1. The van der Waals surface area contributed by atoms with E-state index in [1.54, 1.807) is 6.20 Å². The molecule has 1 heterocycles. The summed E-state index contributed by atoms with van der Waals surface area (Å²) in [4.78, 5) is 4.32. The van der Waals surface area contributed by atoms with Gasteiger partial charge in [0.15, 0.2) is 0 Å². The normalized spacial score (nSPS) is 19.1. The number of halogens is 2. The second kappa shape index (κ2) is 4.71. The third kappa shape index (κ3) is 2.64. The minimum absolute atomic E-state index is 0.0718. The maximum atomic E-state index is 6.05. The molecule has 0 amide bonds. The summed E-state index contributed by atoms with van der Waals surface area (Å²) in [6, 6.07) is 3.98. The smallest absolute Gasteiger partial charge is 0.126 e. The van der Waals surface area contributed by atoms with Gasteiger partial charge in [0.1, 0.15) is 5.82 Å². The summed E-state index contributed by atoms with van der Waals surface area (Å²) in [5, 5.41) is 3.47. The second-order valence-electron chi connectivity index (χ2n) is 4.11. The molecule has 1 aromatic heterocycles. The number of rotatable bonds is 3. The summed E-state index contributed by atoms with van der Waals surface area (Å²) in [6.45, 7) is 0. The molecule has 0 radical (unpaired) electrons. The summed E-state index contributed by atoms with van der Waals surface area (Å²) in [5.74, 6) is 1.57. The lowest BCUT2D eigenvalue weighted by Gasteiger charge is -2.28. The molecule has 4 heteroatoms. The number of hydrogen-bond donors (Lipinski definition) is 1. The Morgan fingerprint density at radius 3 is 2.67 bits per heavy atom. The van der Waals surface area contributed by atoms with Crippen molar-refractivity contribution < 1.29 is 0 Å². The van der Waals surface area contributed by atoms with Crippen LogP contribution in [0.1, 0.15) is 25.7 Å². The van der Waals surface area contributed by atoms with Crippen molar-refractivity contribution in [3.05, 3.63) is 22.8 Å². The van der Waals surface area contributed by atoms with Crippen molar-refractivity contribution in [2.24, 2.45) is 0 Å². The molecule has 2 rings (SSSR count). The molecule has 0 aromatic carbocycles. The van der Waals surface area contributed by atoms with Gasteiger partial charge in [-0.25, -0.2) is 4.98 Å². The first-order valence-electron chi connectivity index (χ1n) is 5.20. The molecule has 0 saturated heterocycles. The van der Waals surface area contributed by atoms with Gasteiger partial charge >= 0.3 is 0 Å². The lowest BCUT2D eigenvalue weighted by molar-refractivity contribution is 0.537. The molecule has 2 nitrogen and oxygen atoms in total. The lowest BCUT2D eigenvalue weighted by Crippen LogP contribution is -2.37. The van der Waals surface area contributed by atoms with Gasteiger partial charge < -0.3 is 5.32 Å². The van der Waals surface area contributed by atoms with Gasteiger partial charge in [0.05, 0.1) is 5.54 Å². The third-order valence-corrected chi connectivity index (χ3v) is 3.92.